The Bertz CT molecular complexity index is 442. The number of ether oxygens (including phenoxy) is 1. The third kappa shape index (κ3) is 4.74. The summed E-state index contributed by atoms with van der Waals surface area (Å²) in [4.78, 5) is 13.4. The van der Waals surface area contributed by atoms with Crippen LogP contribution in [0.15, 0.2) is 24.3 Å². The van der Waals surface area contributed by atoms with Crippen molar-refractivity contribution in [2.24, 2.45) is 0 Å². The summed E-state index contributed by atoms with van der Waals surface area (Å²) in [5.74, 6) is 0.881. The third-order valence-corrected chi connectivity index (χ3v) is 3.53. The highest BCUT2D eigenvalue weighted by Gasteiger charge is 2.19. The Morgan fingerprint density at radius 3 is 2.85 bits per heavy atom. The van der Waals surface area contributed by atoms with Gasteiger partial charge in [-0.05, 0) is 25.0 Å². The number of piperidine rings is 1. The van der Waals surface area contributed by atoms with Crippen molar-refractivity contribution in [2.75, 3.05) is 32.0 Å². The van der Waals surface area contributed by atoms with E-state index in [4.69, 9.17) is 10.5 Å². The number of likely N-dealkylation sites (tertiary alicyclic amines) is 1. The molecule has 3 N–H and O–H groups in total. The van der Waals surface area contributed by atoms with Crippen molar-refractivity contribution in [2.45, 2.75) is 25.8 Å². The van der Waals surface area contributed by atoms with Crippen LogP contribution in [0.2, 0.25) is 0 Å². The number of rotatable bonds is 5. The van der Waals surface area contributed by atoms with Crippen molar-refractivity contribution >= 4 is 11.6 Å². The second-order valence-electron chi connectivity index (χ2n) is 5.24. The molecule has 0 aromatic heterocycles. The van der Waals surface area contributed by atoms with E-state index in [-0.39, 0.29) is 5.91 Å². The molecule has 1 aliphatic heterocycles. The summed E-state index contributed by atoms with van der Waals surface area (Å²) in [6.07, 6.45) is 2.02. The van der Waals surface area contributed by atoms with Gasteiger partial charge in [0.15, 0.2) is 0 Å². The quantitative estimate of drug-likeness (QED) is 0.795. The molecule has 0 atom stereocenters. The highest BCUT2D eigenvalue weighted by atomic mass is 16.5. The van der Waals surface area contributed by atoms with Crippen LogP contribution in [0.4, 0.5) is 5.69 Å². The number of hydrogen-bond donors (Lipinski definition) is 2. The number of carbonyl (C=O) groups excluding carboxylic acids is 1. The van der Waals surface area contributed by atoms with Gasteiger partial charge in [0.1, 0.15) is 12.4 Å². The highest BCUT2D eigenvalue weighted by molar-refractivity contribution is 5.73. The summed E-state index contributed by atoms with van der Waals surface area (Å²) in [7, 11) is 0. The molecule has 5 heteroatoms. The van der Waals surface area contributed by atoms with Gasteiger partial charge in [-0.3, -0.25) is 9.69 Å². The van der Waals surface area contributed by atoms with Crippen LogP contribution >= 0.6 is 0 Å². The Morgan fingerprint density at radius 1 is 1.45 bits per heavy atom. The molecule has 110 valence electrons. The van der Waals surface area contributed by atoms with Crippen LogP contribution < -0.4 is 15.8 Å². The average molecular weight is 277 g/mol. The molecule has 0 saturated carbocycles. The van der Waals surface area contributed by atoms with Crippen LogP contribution in [0.25, 0.3) is 0 Å². The fourth-order valence-corrected chi connectivity index (χ4v) is 2.49. The number of carbonyl (C=O) groups is 1. The minimum atomic E-state index is 0.0634. The monoisotopic (exact) mass is 277 g/mol. The lowest BCUT2D eigenvalue weighted by molar-refractivity contribution is -0.119. The van der Waals surface area contributed by atoms with E-state index >= 15 is 0 Å². The average Bonchev–Trinajstić information content (AvgIpc) is 2.40. The standard InChI is InChI=1S/C15H23N3O2/c1-12(19)17-14-5-7-18(8-6-14)9-10-20-15-4-2-3-13(16)11-15/h2-4,11,14H,5-10,16H2,1H3,(H,17,19). The summed E-state index contributed by atoms with van der Waals surface area (Å²) in [5.41, 5.74) is 6.42. The zero-order valence-corrected chi connectivity index (χ0v) is 12.0. The molecule has 5 nitrogen and oxygen atoms in total. The zero-order chi connectivity index (χ0) is 14.4. The maximum Gasteiger partial charge on any atom is 0.217 e. The molecule has 1 aromatic carbocycles. The first-order valence-corrected chi connectivity index (χ1v) is 7.11. The minimum Gasteiger partial charge on any atom is -0.492 e. The first kappa shape index (κ1) is 14.7. The second-order valence-corrected chi connectivity index (χ2v) is 5.24. The van der Waals surface area contributed by atoms with Gasteiger partial charge >= 0.3 is 0 Å². The third-order valence-electron chi connectivity index (χ3n) is 3.53. The molecule has 20 heavy (non-hydrogen) atoms. The second kappa shape index (κ2) is 7.14. The molecule has 1 saturated heterocycles. The van der Waals surface area contributed by atoms with E-state index in [0.29, 0.717) is 12.6 Å². The normalized spacial score (nSPS) is 16.9. The first-order valence-electron chi connectivity index (χ1n) is 7.11. The maximum atomic E-state index is 11.0. The first-order chi connectivity index (χ1) is 9.63. The molecule has 0 unspecified atom stereocenters. The molecule has 0 bridgehead atoms. The van der Waals surface area contributed by atoms with Crippen molar-refractivity contribution < 1.29 is 9.53 Å². The zero-order valence-electron chi connectivity index (χ0n) is 12.0. The Hall–Kier alpha value is -1.75. The molecule has 1 heterocycles. The number of nitrogens with two attached hydrogens (primary N) is 1. The lowest BCUT2D eigenvalue weighted by atomic mass is 10.1. The van der Waals surface area contributed by atoms with E-state index in [1.807, 2.05) is 24.3 Å². The summed E-state index contributed by atoms with van der Waals surface area (Å²) >= 11 is 0. The van der Waals surface area contributed by atoms with Crippen LogP contribution in [0, 0.1) is 0 Å². The lowest BCUT2D eigenvalue weighted by Gasteiger charge is -2.31. The molecule has 1 aliphatic rings. The van der Waals surface area contributed by atoms with Crippen LogP contribution in [0.1, 0.15) is 19.8 Å². The summed E-state index contributed by atoms with van der Waals surface area (Å²) in [5, 5.41) is 2.98. The molecule has 0 spiro atoms. The van der Waals surface area contributed by atoms with Gasteiger partial charge in [-0.2, -0.15) is 0 Å². The van der Waals surface area contributed by atoms with E-state index in [2.05, 4.69) is 10.2 Å². The summed E-state index contributed by atoms with van der Waals surface area (Å²) in [6.45, 7) is 5.15. The molecule has 0 aliphatic carbocycles. The van der Waals surface area contributed by atoms with Crippen molar-refractivity contribution in [1.29, 1.82) is 0 Å². The SMILES string of the molecule is CC(=O)NC1CCN(CCOc2cccc(N)c2)CC1. The Balaban J connectivity index is 1.65. The number of nitrogen functional groups attached to an aromatic ring is 1. The van der Waals surface area contributed by atoms with Gasteiger partial charge in [0.2, 0.25) is 5.91 Å². The largest absolute Gasteiger partial charge is 0.492 e. The van der Waals surface area contributed by atoms with E-state index in [1.165, 1.54) is 0 Å². The maximum absolute atomic E-state index is 11.0. The van der Waals surface area contributed by atoms with Crippen molar-refractivity contribution in [3.63, 3.8) is 0 Å². The van der Waals surface area contributed by atoms with Gasteiger partial charge < -0.3 is 15.8 Å². The van der Waals surface area contributed by atoms with Crippen molar-refractivity contribution in [1.82, 2.24) is 10.2 Å². The topological polar surface area (TPSA) is 67.6 Å². The lowest BCUT2D eigenvalue weighted by Crippen LogP contribution is -2.45. The van der Waals surface area contributed by atoms with E-state index < -0.39 is 0 Å². The van der Waals surface area contributed by atoms with E-state index in [1.54, 1.807) is 6.92 Å². The van der Waals surface area contributed by atoms with Gasteiger partial charge in [-0.1, -0.05) is 6.07 Å². The predicted octanol–water partition coefficient (Wildman–Crippen LogP) is 1.25. The van der Waals surface area contributed by atoms with Crippen LogP contribution in [-0.4, -0.2) is 43.1 Å². The Kier molecular flexibility index (Phi) is 5.24. The number of benzene rings is 1. The highest BCUT2D eigenvalue weighted by Crippen LogP contribution is 2.15. The number of nitrogens with one attached hydrogen (secondary N) is 1. The van der Waals surface area contributed by atoms with Crippen LogP contribution in [-0.2, 0) is 4.79 Å². The molecular formula is C15H23N3O2. The minimum absolute atomic E-state index is 0.0634. The van der Waals surface area contributed by atoms with Gasteiger partial charge in [0.05, 0.1) is 0 Å². The molecule has 1 amide bonds. The number of amides is 1. The van der Waals surface area contributed by atoms with Crippen molar-refractivity contribution in [3.05, 3.63) is 24.3 Å². The van der Waals surface area contributed by atoms with Crippen LogP contribution in [0.5, 0.6) is 5.75 Å². The fourth-order valence-electron chi connectivity index (χ4n) is 2.49. The number of anilines is 1. The van der Waals surface area contributed by atoms with Gasteiger partial charge in [0.25, 0.3) is 0 Å². The molecule has 0 radical (unpaired) electrons. The van der Waals surface area contributed by atoms with E-state index in [0.717, 1.165) is 43.9 Å². The summed E-state index contributed by atoms with van der Waals surface area (Å²) in [6, 6.07) is 7.82. The Labute approximate surface area is 120 Å². The molecule has 1 fully saturated rings. The smallest absolute Gasteiger partial charge is 0.217 e. The number of nitrogens with zero attached hydrogens (tertiary/aromatic N) is 1. The van der Waals surface area contributed by atoms with Crippen LogP contribution in [0.3, 0.4) is 0 Å². The van der Waals surface area contributed by atoms with Crippen molar-refractivity contribution in [3.8, 4) is 5.75 Å². The van der Waals surface area contributed by atoms with Gasteiger partial charge in [-0.15, -0.1) is 0 Å². The van der Waals surface area contributed by atoms with Gasteiger partial charge in [0, 0.05) is 44.4 Å². The summed E-state index contributed by atoms with van der Waals surface area (Å²) < 4.78 is 5.69. The predicted molar refractivity (Wildman–Crippen MR) is 79.6 cm³/mol. The molecule has 1 aromatic rings. The molecular weight excluding hydrogens is 254 g/mol. The Morgan fingerprint density at radius 2 is 2.20 bits per heavy atom. The molecule has 2 rings (SSSR count). The van der Waals surface area contributed by atoms with E-state index in [9.17, 15) is 4.79 Å². The van der Waals surface area contributed by atoms with Gasteiger partial charge in [-0.25, -0.2) is 0 Å². The number of hydrogen-bond acceptors (Lipinski definition) is 4. The fraction of sp³-hybridized carbons (Fsp3) is 0.533.